The van der Waals surface area contributed by atoms with Crippen molar-refractivity contribution < 1.29 is 9.53 Å². The zero-order valence-corrected chi connectivity index (χ0v) is 17.9. The lowest BCUT2D eigenvalue weighted by molar-refractivity contribution is -0.125. The molecule has 0 saturated carbocycles. The van der Waals surface area contributed by atoms with Gasteiger partial charge in [0.25, 0.3) is 5.91 Å². The molecule has 0 aliphatic carbocycles. The summed E-state index contributed by atoms with van der Waals surface area (Å²) in [7, 11) is 0. The average Bonchev–Trinajstić information content (AvgIpc) is 2.52. The lowest BCUT2D eigenvalue weighted by Gasteiger charge is -2.24. The summed E-state index contributed by atoms with van der Waals surface area (Å²) in [5.41, 5.74) is 0.656. The van der Waals surface area contributed by atoms with E-state index in [1.807, 2.05) is 51.3 Å². The molecule has 1 N–H and O–H groups in total. The number of halogens is 1. The highest BCUT2D eigenvalue weighted by molar-refractivity contribution is 14.1. The van der Waals surface area contributed by atoms with Crippen molar-refractivity contribution in [3.63, 3.8) is 0 Å². The molecule has 1 heterocycles. The van der Waals surface area contributed by atoms with Crippen LogP contribution in [0.25, 0.3) is 10.9 Å². The fourth-order valence-corrected chi connectivity index (χ4v) is 3.45. The minimum Gasteiger partial charge on any atom is -0.452 e. The molecule has 1 atom stereocenters. The molecule has 0 aliphatic heterocycles. The number of nitrogens with zero attached hydrogens (tertiary/aromatic N) is 1. The summed E-state index contributed by atoms with van der Waals surface area (Å²) in [6.07, 6.45) is 1.84. The lowest BCUT2D eigenvalue weighted by Crippen LogP contribution is -2.47. The number of rotatable bonds is 5. The van der Waals surface area contributed by atoms with Crippen LogP contribution < -0.4 is 10.1 Å². The molecule has 1 aromatic heterocycles. The molecule has 0 spiro atoms. The largest absolute Gasteiger partial charge is 0.452 e. The molecule has 132 valence electrons. The maximum atomic E-state index is 12.6. The molecule has 1 unspecified atom stereocenters. The number of aromatic nitrogens is 1. The molecule has 2 rings (SSSR count). The first-order chi connectivity index (χ1) is 11.8. The van der Waals surface area contributed by atoms with Crippen LogP contribution in [0, 0.1) is 22.3 Å². The van der Waals surface area contributed by atoms with Crippen LogP contribution in [0.2, 0.25) is 0 Å². The zero-order valence-electron chi connectivity index (χ0n) is 14.9. The summed E-state index contributed by atoms with van der Waals surface area (Å²) in [6.45, 7) is 7.48. The number of fused-ring (bicyclic) bond motifs is 1. The van der Waals surface area contributed by atoms with Gasteiger partial charge in [-0.2, -0.15) is 0 Å². The number of hydrogen-bond donors (Lipinski definition) is 1. The van der Waals surface area contributed by atoms with Gasteiger partial charge in [-0.15, -0.1) is 17.7 Å². The first kappa shape index (κ1) is 19.9. The Kier molecular flexibility index (Phi) is 6.58. The van der Waals surface area contributed by atoms with Crippen LogP contribution in [0.3, 0.4) is 0 Å². The van der Waals surface area contributed by atoms with E-state index in [9.17, 15) is 4.79 Å². The van der Waals surface area contributed by atoms with Crippen molar-refractivity contribution >= 4 is 51.2 Å². The Morgan fingerprint density at radius 3 is 2.80 bits per heavy atom. The van der Waals surface area contributed by atoms with Crippen LogP contribution in [-0.4, -0.2) is 28.1 Å². The van der Waals surface area contributed by atoms with Gasteiger partial charge in [-0.1, -0.05) is 24.1 Å². The predicted molar refractivity (Wildman–Crippen MR) is 113 cm³/mol. The lowest BCUT2D eigenvalue weighted by atomic mass is 10.1. The van der Waals surface area contributed by atoms with Crippen molar-refractivity contribution in [1.29, 1.82) is 0 Å². The van der Waals surface area contributed by atoms with Crippen molar-refractivity contribution in [3.8, 4) is 17.7 Å². The molecule has 0 saturated heterocycles. The van der Waals surface area contributed by atoms with Gasteiger partial charge in [-0.3, -0.25) is 4.79 Å². The molecule has 1 aromatic carbocycles. The number of amides is 1. The number of pyridine rings is 1. The van der Waals surface area contributed by atoms with Crippen molar-refractivity contribution in [2.24, 2.45) is 0 Å². The predicted octanol–water partition coefficient (Wildman–Crippen LogP) is 4.13. The van der Waals surface area contributed by atoms with E-state index in [2.05, 4.69) is 44.7 Å². The van der Waals surface area contributed by atoms with Crippen molar-refractivity contribution in [1.82, 2.24) is 10.3 Å². The van der Waals surface area contributed by atoms with Gasteiger partial charge >= 0.3 is 0 Å². The Morgan fingerprint density at radius 2 is 2.16 bits per heavy atom. The van der Waals surface area contributed by atoms with Crippen LogP contribution >= 0.6 is 34.4 Å². The van der Waals surface area contributed by atoms with E-state index in [-0.39, 0.29) is 5.91 Å². The summed E-state index contributed by atoms with van der Waals surface area (Å²) in [5, 5.41) is 3.96. The Bertz CT molecular complexity index is 856. The van der Waals surface area contributed by atoms with E-state index < -0.39 is 11.0 Å². The number of carbonyl (C=O) groups is 1. The van der Waals surface area contributed by atoms with E-state index in [0.717, 1.165) is 20.0 Å². The minimum atomic E-state index is -0.694. The summed E-state index contributed by atoms with van der Waals surface area (Å²) < 4.78 is 6.80. The molecular formula is C19H21IN2O2S. The van der Waals surface area contributed by atoms with E-state index in [0.29, 0.717) is 5.88 Å². The Morgan fingerprint density at radius 1 is 1.44 bits per heavy atom. The number of thioether (sulfide) groups is 1. The van der Waals surface area contributed by atoms with Gasteiger partial charge in [0.05, 0.1) is 14.6 Å². The maximum absolute atomic E-state index is 12.6. The maximum Gasteiger partial charge on any atom is 0.272 e. The number of carbonyl (C=O) groups excluding carboxylic acids is 1. The summed E-state index contributed by atoms with van der Waals surface area (Å²) in [4.78, 5) is 17.2. The van der Waals surface area contributed by atoms with Gasteiger partial charge in [-0.25, -0.2) is 4.98 Å². The second-order valence-corrected chi connectivity index (χ2v) is 8.16. The summed E-state index contributed by atoms with van der Waals surface area (Å²) in [5.74, 6) is 6.05. The van der Waals surface area contributed by atoms with Gasteiger partial charge in [0.2, 0.25) is 11.3 Å². The van der Waals surface area contributed by atoms with Crippen LogP contribution in [0.15, 0.2) is 24.3 Å². The van der Waals surface area contributed by atoms with Crippen LogP contribution in [-0.2, 0) is 4.79 Å². The molecule has 4 nitrogen and oxygen atoms in total. The Labute approximate surface area is 166 Å². The number of aryl methyl sites for hydroxylation is 1. The smallest absolute Gasteiger partial charge is 0.272 e. The second-order valence-electron chi connectivity index (χ2n) is 6.10. The average molecular weight is 468 g/mol. The molecule has 0 fully saturated rings. The van der Waals surface area contributed by atoms with Crippen LogP contribution in [0.4, 0.5) is 0 Å². The quantitative estimate of drug-likeness (QED) is 0.408. The van der Waals surface area contributed by atoms with Gasteiger partial charge in [0.15, 0.2) is 0 Å². The van der Waals surface area contributed by atoms with Gasteiger partial charge < -0.3 is 10.1 Å². The fourth-order valence-electron chi connectivity index (χ4n) is 2.41. The van der Waals surface area contributed by atoms with Crippen LogP contribution in [0.1, 0.15) is 26.3 Å². The van der Waals surface area contributed by atoms with Crippen LogP contribution in [0.5, 0.6) is 5.88 Å². The zero-order chi connectivity index (χ0) is 18.6. The highest BCUT2D eigenvalue weighted by atomic mass is 127. The summed E-state index contributed by atoms with van der Waals surface area (Å²) >= 11 is 3.51. The second kappa shape index (κ2) is 8.28. The molecular weight excluding hydrogens is 447 g/mol. The van der Waals surface area contributed by atoms with E-state index in [1.165, 1.54) is 11.8 Å². The SMILES string of the molecule is CC#CC(C)(C)NC(=O)C(Oc1nc2c(C)cccc2cc1I)SC. The number of benzene rings is 1. The first-order valence-corrected chi connectivity index (χ1v) is 10.2. The molecule has 0 aliphatic rings. The third-order valence-corrected chi connectivity index (χ3v) is 5.00. The number of ether oxygens (including phenoxy) is 1. The van der Waals surface area contributed by atoms with Crippen molar-refractivity contribution in [2.75, 3.05) is 6.26 Å². The molecule has 1 amide bonds. The number of hydrogen-bond acceptors (Lipinski definition) is 4. The van der Waals surface area contributed by atoms with E-state index in [1.54, 1.807) is 6.92 Å². The fraction of sp³-hybridized carbons (Fsp3) is 0.368. The Hall–Kier alpha value is -1.46. The van der Waals surface area contributed by atoms with Crippen molar-refractivity contribution in [3.05, 3.63) is 33.4 Å². The molecule has 0 bridgehead atoms. The third kappa shape index (κ3) is 5.02. The highest BCUT2D eigenvalue weighted by Crippen LogP contribution is 2.27. The summed E-state index contributed by atoms with van der Waals surface area (Å²) in [6, 6.07) is 8.06. The van der Waals surface area contributed by atoms with Gasteiger partial charge in [0.1, 0.15) is 0 Å². The highest BCUT2D eigenvalue weighted by Gasteiger charge is 2.26. The molecule has 25 heavy (non-hydrogen) atoms. The molecule has 2 aromatic rings. The topological polar surface area (TPSA) is 51.2 Å². The van der Waals surface area contributed by atoms with E-state index in [4.69, 9.17) is 4.74 Å². The van der Waals surface area contributed by atoms with Gasteiger partial charge in [0, 0.05) is 5.39 Å². The Balaban J connectivity index is 2.27. The monoisotopic (exact) mass is 468 g/mol. The van der Waals surface area contributed by atoms with Gasteiger partial charge in [-0.05, 0) is 68.2 Å². The molecule has 0 radical (unpaired) electrons. The number of nitrogens with one attached hydrogen (secondary N) is 1. The minimum absolute atomic E-state index is 0.220. The third-order valence-electron chi connectivity index (χ3n) is 3.49. The molecule has 6 heteroatoms. The normalized spacial score (nSPS) is 12.2. The standard InChI is InChI=1S/C19H21IN2O2S/c1-6-10-19(3,4)22-16(23)18(25-5)24-17-14(20)11-13-9-7-8-12(2)15(13)21-17/h7-9,11,18H,1-5H3,(H,22,23). The van der Waals surface area contributed by atoms with E-state index >= 15 is 0 Å². The number of para-hydroxylation sites is 1. The first-order valence-electron chi connectivity index (χ1n) is 7.78. The van der Waals surface area contributed by atoms with Crippen molar-refractivity contribution in [2.45, 2.75) is 38.7 Å².